The van der Waals surface area contributed by atoms with Gasteiger partial charge in [0.05, 0.1) is 5.02 Å². The van der Waals surface area contributed by atoms with Gasteiger partial charge in [-0.1, -0.05) is 49.5 Å². The van der Waals surface area contributed by atoms with Crippen molar-refractivity contribution in [2.24, 2.45) is 0 Å². The fourth-order valence-electron chi connectivity index (χ4n) is 1.46. The van der Waals surface area contributed by atoms with Crippen LogP contribution in [0.2, 0.25) is 5.02 Å². The Kier molecular flexibility index (Phi) is 5.55. The molecule has 0 saturated heterocycles. The molecule has 0 radical (unpaired) electrons. The molecule has 0 aliphatic rings. The third-order valence-electron chi connectivity index (χ3n) is 2.30. The monoisotopic (exact) mass is 404 g/mol. The number of rotatable bonds is 5. The van der Waals surface area contributed by atoms with E-state index in [1.165, 1.54) is 0 Å². The van der Waals surface area contributed by atoms with Gasteiger partial charge >= 0.3 is 0 Å². The maximum atomic E-state index is 6.04. The van der Waals surface area contributed by atoms with Crippen molar-refractivity contribution in [3.05, 3.63) is 56.4 Å². The minimum absolute atomic E-state index is 0.438. The highest BCUT2D eigenvalue weighted by molar-refractivity contribution is 9.10. The van der Waals surface area contributed by atoms with Crippen molar-refractivity contribution in [3.8, 4) is 11.5 Å². The quantitative estimate of drug-likeness (QED) is 0.626. The van der Waals surface area contributed by atoms with E-state index in [0.29, 0.717) is 24.0 Å². The van der Waals surface area contributed by atoms with Crippen LogP contribution in [-0.2, 0) is 0 Å². The Bertz CT molecular complexity index is 561. The van der Waals surface area contributed by atoms with E-state index in [2.05, 4.69) is 31.9 Å². The lowest BCUT2D eigenvalue weighted by Gasteiger charge is -2.10. The zero-order valence-corrected chi connectivity index (χ0v) is 13.8. The molecular formula is C14H11Br2ClO2. The molecule has 2 aromatic carbocycles. The van der Waals surface area contributed by atoms with Gasteiger partial charge < -0.3 is 9.47 Å². The number of benzene rings is 2. The van der Waals surface area contributed by atoms with E-state index in [-0.39, 0.29) is 0 Å². The van der Waals surface area contributed by atoms with Crippen LogP contribution in [0.1, 0.15) is 0 Å². The molecule has 0 spiro atoms. The average molecular weight is 407 g/mol. The Morgan fingerprint density at radius 1 is 0.895 bits per heavy atom. The zero-order chi connectivity index (χ0) is 13.7. The lowest BCUT2D eigenvalue weighted by atomic mass is 10.3. The summed E-state index contributed by atoms with van der Waals surface area (Å²) in [6.07, 6.45) is 0. The molecule has 0 aliphatic heterocycles. The molecule has 0 atom stereocenters. The molecule has 0 bridgehead atoms. The van der Waals surface area contributed by atoms with Gasteiger partial charge in [-0.3, -0.25) is 0 Å². The van der Waals surface area contributed by atoms with Gasteiger partial charge in [-0.2, -0.15) is 0 Å². The van der Waals surface area contributed by atoms with Crippen molar-refractivity contribution >= 4 is 43.5 Å². The van der Waals surface area contributed by atoms with Gasteiger partial charge in [-0.05, 0) is 36.4 Å². The van der Waals surface area contributed by atoms with E-state index in [1.807, 2.05) is 36.4 Å². The summed E-state index contributed by atoms with van der Waals surface area (Å²) in [5, 5.41) is 0.580. The summed E-state index contributed by atoms with van der Waals surface area (Å²) in [4.78, 5) is 0. The Labute approximate surface area is 133 Å². The third kappa shape index (κ3) is 4.71. The molecule has 0 N–H and O–H groups in total. The molecule has 0 aromatic heterocycles. The summed E-state index contributed by atoms with van der Waals surface area (Å²) >= 11 is 12.8. The second kappa shape index (κ2) is 7.17. The van der Waals surface area contributed by atoms with Crippen LogP contribution in [0.3, 0.4) is 0 Å². The standard InChI is InChI=1S/C14H11Br2ClO2/c15-10-2-1-3-12(8-10)18-6-7-19-14-5-4-11(16)9-13(14)17/h1-5,8-9H,6-7H2. The van der Waals surface area contributed by atoms with Gasteiger partial charge in [0.15, 0.2) is 0 Å². The molecule has 2 aromatic rings. The summed E-state index contributed by atoms with van der Waals surface area (Å²) in [7, 11) is 0. The highest BCUT2D eigenvalue weighted by atomic mass is 79.9. The Morgan fingerprint density at radius 3 is 2.37 bits per heavy atom. The first-order valence-corrected chi connectivity index (χ1v) is 7.58. The van der Waals surface area contributed by atoms with Gasteiger partial charge in [-0.15, -0.1) is 0 Å². The maximum Gasteiger partial charge on any atom is 0.138 e. The predicted molar refractivity (Wildman–Crippen MR) is 84.3 cm³/mol. The zero-order valence-electron chi connectivity index (χ0n) is 9.91. The molecule has 100 valence electrons. The van der Waals surface area contributed by atoms with Crippen LogP contribution < -0.4 is 9.47 Å². The summed E-state index contributed by atoms with van der Waals surface area (Å²) in [6.45, 7) is 0.900. The molecule has 5 heteroatoms. The van der Waals surface area contributed by atoms with Crippen LogP contribution in [0.5, 0.6) is 11.5 Å². The molecule has 0 fully saturated rings. The lowest BCUT2D eigenvalue weighted by molar-refractivity contribution is 0.217. The molecule has 19 heavy (non-hydrogen) atoms. The highest BCUT2D eigenvalue weighted by Gasteiger charge is 2.02. The summed E-state index contributed by atoms with van der Waals surface area (Å²) in [5.41, 5.74) is 0. The average Bonchev–Trinajstić information content (AvgIpc) is 2.37. The second-order valence-corrected chi connectivity index (χ2v) is 5.97. The van der Waals surface area contributed by atoms with E-state index in [1.54, 1.807) is 6.07 Å². The molecule has 0 heterocycles. The van der Waals surface area contributed by atoms with Crippen molar-refractivity contribution < 1.29 is 9.47 Å². The smallest absolute Gasteiger partial charge is 0.138 e. The van der Waals surface area contributed by atoms with Crippen molar-refractivity contribution in [2.45, 2.75) is 0 Å². The summed E-state index contributed by atoms with van der Waals surface area (Å²) < 4.78 is 13.0. The molecule has 2 rings (SSSR count). The molecule has 0 amide bonds. The van der Waals surface area contributed by atoms with Crippen molar-refractivity contribution in [2.75, 3.05) is 13.2 Å². The van der Waals surface area contributed by atoms with E-state index in [0.717, 1.165) is 14.7 Å². The lowest BCUT2D eigenvalue weighted by Crippen LogP contribution is -2.09. The van der Waals surface area contributed by atoms with Crippen molar-refractivity contribution in [3.63, 3.8) is 0 Å². The topological polar surface area (TPSA) is 18.5 Å². The normalized spacial score (nSPS) is 10.3. The highest BCUT2D eigenvalue weighted by Crippen LogP contribution is 2.27. The first-order chi connectivity index (χ1) is 9.15. The van der Waals surface area contributed by atoms with E-state index >= 15 is 0 Å². The minimum atomic E-state index is 0.438. The summed E-state index contributed by atoms with van der Waals surface area (Å²) in [5.74, 6) is 1.46. The van der Waals surface area contributed by atoms with Crippen molar-refractivity contribution in [1.82, 2.24) is 0 Å². The molecule has 0 unspecified atom stereocenters. The van der Waals surface area contributed by atoms with Crippen LogP contribution in [-0.4, -0.2) is 13.2 Å². The number of ether oxygens (including phenoxy) is 2. The number of hydrogen-bond donors (Lipinski definition) is 0. The van der Waals surface area contributed by atoms with Gasteiger partial charge in [0.1, 0.15) is 24.7 Å². The van der Waals surface area contributed by atoms with Gasteiger partial charge in [-0.25, -0.2) is 0 Å². The largest absolute Gasteiger partial charge is 0.490 e. The van der Waals surface area contributed by atoms with Crippen LogP contribution in [0.4, 0.5) is 0 Å². The predicted octanol–water partition coefficient (Wildman–Crippen LogP) is 5.32. The number of hydrogen-bond acceptors (Lipinski definition) is 2. The maximum absolute atomic E-state index is 6.04. The van der Waals surface area contributed by atoms with Crippen molar-refractivity contribution in [1.29, 1.82) is 0 Å². The fraction of sp³-hybridized carbons (Fsp3) is 0.143. The van der Waals surface area contributed by atoms with Crippen LogP contribution in [0.25, 0.3) is 0 Å². The van der Waals surface area contributed by atoms with Gasteiger partial charge in [0.2, 0.25) is 0 Å². The third-order valence-corrected chi connectivity index (χ3v) is 3.58. The molecular weight excluding hydrogens is 395 g/mol. The van der Waals surface area contributed by atoms with Crippen LogP contribution >= 0.6 is 43.5 Å². The fourth-order valence-corrected chi connectivity index (χ4v) is 2.57. The Balaban J connectivity index is 1.81. The Hall–Kier alpha value is -0.710. The molecule has 2 nitrogen and oxygen atoms in total. The van der Waals surface area contributed by atoms with Gasteiger partial charge in [0.25, 0.3) is 0 Å². The first kappa shape index (κ1) is 14.7. The van der Waals surface area contributed by atoms with E-state index in [4.69, 9.17) is 21.1 Å². The molecule has 0 saturated carbocycles. The molecule has 0 aliphatic carbocycles. The SMILES string of the molecule is Clc1cc(Br)ccc1OCCOc1cccc(Br)c1. The summed E-state index contributed by atoms with van der Waals surface area (Å²) in [6, 6.07) is 13.2. The minimum Gasteiger partial charge on any atom is -0.490 e. The van der Waals surface area contributed by atoms with E-state index in [9.17, 15) is 0 Å². The second-order valence-electron chi connectivity index (χ2n) is 3.73. The van der Waals surface area contributed by atoms with Crippen LogP contribution in [0, 0.1) is 0 Å². The van der Waals surface area contributed by atoms with E-state index < -0.39 is 0 Å². The van der Waals surface area contributed by atoms with Crippen LogP contribution in [0.15, 0.2) is 51.4 Å². The number of halogens is 3. The van der Waals surface area contributed by atoms with Gasteiger partial charge in [0, 0.05) is 8.95 Å². The Morgan fingerprint density at radius 2 is 1.63 bits per heavy atom. The first-order valence-electron chi connectivity index (χ1n) is 5.61.